The minimum Gasteiger partial charge on any atom is -0.396 e. The predicted molar refractivity (Wildman–Crippen MR) is 54.7 cm³/mol. The van der Waals surface area contributed by atoms with E-state index >= 15 is 0 Å². The Balaban J connectivity index is 2.58. The minimum atomic E-state index is 0.214. The molecular formula is C9H7ClN4. The van der Waals surface area contributed by atoms with Gasteiger partial charge in [-0.15, -0.1) is 5.10 Å². The van der Waals surface area contributed by atoms with Crippen molar-refractivity contribution in [1.29, 1.82) is 0 Å². The van der Waals surface area contributed by atoms with Crippen LogP contribution in [0.2, 0.25) is 5.15 Å². The summed E-state index contributed by atoms with van der Waals surface area (Å²) in [6.45, 7) is 0. The average molecular weight is 207 g/mol. The summed E-state index contributed by atoms with van der Waals surface area (Å²) in [7, 11) is 0. The highest BCUT2D eigenvalue weighted by atomic mass is 35.5. The van der Waals surface area contributed by atoms with Crippen LogP contribution in [0, 0.1) is 0 Å². The Morgan fingerprint density at radius 3 is 2.86 bits per heavy atom. The van der Waals surface area contributed by atoms with Crippen molar-refractivity contribution in [2.24, 2.45) is 0 Å². The fourth-order valence-corrected chi connectivity index (χ4v) is 1.27. The lowest BCUT2D eigenvalue weighted by Gasteiger charge is -2.04. The van der Waals surface area contributed by atoms with Crippen molar-refractivity contribution in [2.75, 3.05) is 5.73 Å². The minimum absolute atomic E-state index is 0.214. The second-order valence-electron chi connectivity index (χ2n) is 2.70. The van der Waals surface area contributed by atoms with Crippen molar-refractivity contribution in [1.82, 2.24) is 15.2 Å². The molecule has 2 aromatic heterocycles. The first kappa shape index (κ1) is 8.90. The van der Waals surface area contributed by atoms with Gasteiger partial charge in [-0.3, -0.25) is 4.98 Å². The molecule has 0 aliphatic carbocycles. The quantitative estimate of drug-likeness (QED) is 0.773. The summed E-state index contributed by atoms with van der Waals surface area (Å²) in [6, 6.07) is 3.71. The molecule has 2 N–H and O–H groups in total. The standard InChI is InChI=1S/C9H7ClN4/c10-9-8(11)7(5-13-14-9)6-2-1-3-12-4-6/h1-5H,(H2,11,13). The van der Waals surface area contributed by atoms with E-state index in [0.717, 1.165) is 11.1 Å². The third-order valence-electron chi connectivity index (χ3n) is 1.82. The molecule has 2 rings (SSSR count). The number of hydrogen-bond donors (Lipinski definition) is 1. The average Bonchev–Trinajstić information content (AvgIpc) is 2.23. The van der Waals surface area contributed by atoms with Crippen molar-refractivity contribution in [3.63, 3.8) is 0 Å². The zero-order valence-corrected chi connectivity index (χ0v) is 7.94. The molecule has 2 heterocycles. The van der Waals surface area contributed by atoms with Crippen molar-refractivity contribution >= 4 is 17.3 Å². The fraction of sp³-hybridized carbons (Fsp3) is 0. The summed E-state index contributed by atoms with van der Waals surface area (Å²) < 4.78 is 0. The van der Waals surface area contributed by atoms with Gasteiger partial charge < -0.3 is 5.73 Å². The molecule has 0 atom stereocenters. The van der Waals surface area contributed by atoms with E-state index < -0.39 is 0 Å². The van der Waals surface area contributed by atoms with Crippen LogP contribution in [0.15, 0.2) is 30.7 Å². The van der Waals surface area contributed by atoms with Gasteiger partial charge in [0.25, 0.3) is 0 Å². The monoisotopic (exact) mass is 206 g/mol. The summed E-state index contributed by atoms with van der Waals surface area (Å²) in [6.07, 6.45) is 4.96. The first-order valence-corrected chi connectivity index (χ1v) is 4.34. The molecule has 0 amide bonds. The maximum absolute atomic E-state index is 5.75. The van der Waals surface area contributed by atoms with E-state index in [1.165, 1.54) is 0 Å². The smallest absolute Gasteiger partial charge is 0.175 e. The van der Waals surface area contributed by atoms with Gasteiger partial charge in [0.2, 0.25) is 0 Å². The molecule has 0 unspecified atom stereocenters. The Bertz CT molecular complexity index is 444. The molecule has 0 aliphatic heterocycles. The van der Waals surface area contributed by atoms with E-state index in [1.807, 2.05) is 12.1 Å². The van der Waals surface area contributed by atoms with Crippen LogP contribution < -0.4 is 5.73 Å². The van der Waals surface area contributed by atoms with Crippen LogP contribution in [-0.2, 0) is 0 Å². The molecule has 2 aromatic rings. The molecule has 0 saturated heterocycles. The maximum Gasteiger partial charge on any atom is 0.175 e. The lowest BCUT2D eigenvalue weighted by atomic mass is 10.1. The van der Waals surface area contributed by atoms with Gasteiger partial charge in [-0.25, -0.2) is 0 Å². The normalized spacial score (nSPS) is 10.1. The van der Waals surface area contributed by atoms with Crippen LogP contribution in [0.4, 0.5) is 5.69 Å². The van der Waals surface area contributed by atoms with E-state index in [-0.39, 0.29) is 5.15 Å². The number of pyridine rings is 1. The first-order chi connectivity index (χ1) is 6.79. The molecule has 14 heavy (non-hydrogen) atoms. The number of halogens is 1. The van der Waals surface area contributed by atoms with Crippen molar-refractivity contribution in [2.45, 2.75) is 0 Å². The molecule has 0 bridgehead atoms. The topological polar surface area (TPSA) is 64.7 Å². The highest BCUT2D eigenvalue weighted by molar-refractivity contribution is 6.32. The van der Waals surface area contributed by atoms with Gasteiger partial charge in [0, 0.05) is 23.5 Å². The SMILES string of the molecule is Nc1c(-c2cccnc2)cnnc1Cl. The van der Waals surface area contributed by atoms with E-state index in [2.05, 4.69) is 15.2 Å². The Morgan fingerprint density at radius 1 is 1.29 bits per heavy atom. The highest BCUT2D eigenvalue weighted by Gasteiger charge is 2.06. The van der Waals surface area contributed by atoms with Crippen LogP contribution in [-0.4, -0.2) is 15.2 Å². The molecule has 70 valence electrons. The third kappa shape index (κ3) is 1.52. The van der Waals surface area contributed by atoms with Crippen LogP contribution >= 0.6 is 11.6 Å². The number of anilines is 1. The summed E-state index contributed by atoms with van der Waals surface area (Å²) >= 11 is 5.74. The number of nitrogens with two attached hydrogens (primary N) is 1. The Labute approximate surface area is 85.8 Å². The van der Waals surface area contributed by atoms with Crippen molar-refractivity contribution in [3.05, 3.63) is 35.9 Å². The Kier molecular flexibility index (Phi) is 2.28. The van der Waals surface area contributed by atoms with Crippen LogP contribution in [0.1, 0.15) is 0 Å². The summed E-state index contributed by atoms with van der Waals surface area (Å²) in [5.41, 5.74) is 7.80. The molecular weight excluding hydrogens is 200 g/mol. The molecule has 4 nitrogen and oxygen atoms in total. The Morgan fingerprint density at radius 2 is 2.14 bits per heavy atom. The van der Waals surface area contributed by atoms with Gasteiger partial charge in [0.15, 0.2) is 5.15 Å². The molecule has 5 heteroatoms. The molecule has 0 spiro atoms. The van der Waals surface area contributed by atoms with Gasteiger partial charge in [0.05, 0.1) is 11.9 Å². The van der Waals surface area contributed by atoms with E-state index in [4.69, 9.17) is 17.3 Å². The number of hydrogen-bond acceptors (Lipinski definition) is 4. The number of rotatable bonds is 1. The molecule has 0 aromatic carbocycles. The number of aromatic nitrogens is 3. The largest absolute Gasteiger partial charge is 0.396 e. The van der Waals surface area contributed by atoms with Gasteiger partial charge >= 0.3 is 0 Å². The first-order valence-electron chi connectivity index (χ1n) is 3.96. The number of nitrogens with zero attached hydrogens (tertiary/aromatic N) is 3. The van der Waals surface area contributed by atoms with E-state index in [1.54, 1.807) is 18.6 Å². The van der Waals surface area contributed by atoms with Gasteiger partial charge in [0.1, 0.15) is 0 Å². The third-order valence-corrected chi connectivity index (χ3v) is 2.10. The van der Waals surface area contributed by atoms with Crippen molar-refractivity contribution < 1.29 is 0 Å². The maximum atomic E-state index is 5.75. The second kappa shape index (κ2) is 3.59. The zero-order valence-electron chi connectivity index (χ0n) is 7.18. The lowest BCUT2D eigenvalue weighted by Crippen LogP contribution is -1.95. The summed E-state index contributed by atoms with van der Waals surface area (Å²) in [5, 5.41) is 7.58. The van der Waals surface area contributed by atoms with Gasteiger partial charge in [-0.1, -0.05) is 17.7 Å². The Hall–Kier alpha value is -1.68. The van der Waals surface area contributed by atoms with Gasteiger partial charge in [-0.05, 0) is 6.07 Å². The van der Waals surface area contributed by atoms with Gasteiger partial charge in [-0.2, -0.15) is 5.10 Å². The molecule has 0 fully saturated rings. The van der Waals surface area contributed by atoms with Crippen LogP contribution in [0.25, 0.3) is 11.1 Å². The van der Waals surface area contributed by atoms with Crippen molar-refractivity contribution in [3.8, 4) is 11.1 Å². The molecule has 0 saturated carbocycles. The lowest BCUT2D eigenvalue weighted by molar-refractivity contribution is 1.04. The predicted octanol–water partition coefficient (Wildman–Crippen LogP) is 1.77. The van der Waals surface area contributed by atoms with E-state index in [0.29, 0.717) is 5.69 Å². The zero-order chi connectivity index (χ0) is 9.97. The second-order valence-corrected chi connectivity index (χ2v) is 3.06. The molecule has 0 aliphatic rings. The van der Waals surface area contributed by atoms with E-state index in [9.17, 15) is 0 Å². The van der Waals surface area contributed by atoms with Crippen LogP contribution in [0.3, 0.4) is 0 Å². The summed E-state index contributed by atoms with van der Waals surface area (Å²) in [5.74, 6) is 0. The number of nitrogen functional groups attached to an aromatic ring is 1. The summed E-state index contributed by atoms with van der Waals surface area (Å²) in [4.78, 5) is 3.99. The fourth-order valence-electron chi connectivity index (χ4n) is 1.12. The van der Waals surface area contributed by atoms with Crippen LogP contribution in [0.5, 0.6) is 0 Å². The molecule has 0 radical (unpaired) electrons. The highest BCUT2D eigenvalue weighted by Crippen LogP contribution is 2.27.